The number of fused-ring (bicyclic) bond motifs is 1. The maximum Gasteiger partial charge on any atom is 0.132 e. The summed E-state index contributed by atoms with van der Waals surface area (Å²) in [5, 5.41) is 4.43. The molecule has 0 aliphatic heterocycles. The lowest BCUT2D eigenvalue weighted by Crippen LogP contribution is -1.97. The fourth-order valence-corrected chi connectivity index (χ4v) is 2.09. The highest BCUT2D eigenvalue weighted by Crippen LogP contribution is 2.21. The SMILES string of the molecule is Cc1ccc(Nc2cc(C)c3ccccc3n2)nc1. The maximum atomic E-state index is 4.60. The van der Waals surface area contributed by atoms with Gasteiger partial charge >= 0.3 is 0 Å². The van der Waals surface area contributed by atoms with Crippen molar-refractivity contribution in [2.75, 3.05) is 5.32 Å². The van der Waals surface area contributed by atoms with Crippen LogP contribution in [0.25, 0.3) is 10.9 Å². The normalized spacial score (nSPS) is 10.6. The minimum atomic E-state index is 0.813. The first-order chi connectivity index (χ1) is 9.22. The molecule has 0 fully saturated rings. The summed E-state index contributed by atoms with van der Waals surface area (Å²) >= 11 is 0. The predicted octanol–water partition coefficient (Wildman–Crippen LogP) is 3.99. The van der Waals surface area contributed by atoms with E-state index in [4.69, 9.17) is 0 Å². The number of hydrogen-bond acceptors (Lipinski definition) is 3. The standard InChI is InChI=1S/C16H15N3/c1-11-7-8-15(17-10-11)19-16-9-12(2)13-5-3-4-6-14(13)18-16/h3-10H,1-2H3,(H,17,18,19). The molecule has 1 N–H and O–H groups in total. The molecular weight excluding hydrogens is 234 g/mol. The number of nitrogens with one attached hydrogen (secondary N) is 1. The van der Waals surface area contributed by atoms with Gasteiger partial charge in [0.25, 0.3) is 0 Å². The Kier molecular flexibility index (Phi) is 2.88. The van der Waals surface area contributed by atoms with Crippen LogP contribution in [-0.4, -0.2) is 9.97 Å². The van der Waals surface area contributed by atoms with E-state index in [1.165, 1.54) is 10.9 Å². The smallest absolute Gasteiger partial charge is 0.132 e. The molecule has 0 bridgehead atoms. The molecule has 0 saturated carbocycles. The molecule has 3 rings (SSSR count). The van der Waals surface area contributed by atoms with Crippen molar-refractivity contribution in [1.29, 1.82) is 0 Å². The van der Waals surface area contributed by atoms with E-state index in [0.29, 0.717) is 0 Å². The highest BCUT2D eigenvalue weighted by molar-refractivity contribution is 5.84. The molecule has 0 atom stereocenters. The second kappa shape index (κ2) is 4.69. The fourth-order valence-electron chi connectivity index (χ4n) is 2.09. The molecule has 94 valence electrons. The van der Waals surface area contributed by atoms with Crippen LogP contribution in [0.4, 0.5) is 11.6 Å². The summed E-state index contributed by atoms with van der Waals surface area (Å²) in [4.78, 5) is 8.93. The Bertz CT molecular complexity index is 718. The first kappa shape index (κ1) is 11.7. The minimum absolute atomic E-state index is 0.813. The van der Waals surface area contributed by atoms with E-state index in [0.717, 1.165) is 22.7 Å². The Labute approximate surface area is 112 Å². The van der Waals surface area contributed by atoms with Gasteiger partial charge in [0.2, 0.25) is 0 Å². The van der Waals surface area contributed by atoms with Crippen molar-refractivity contribution in [3.63, 3.8) is 0 Å². The van der Waals surface area contributed by atoms with Crippen LogP contribution in [0.2, 0.25) is 0 Å². The number of pyridine rings is 2. The van der Waals surface area contributed by atoms with Crippen LogP contribution in [0.5, 0.6) is 0 Å². The summed E-state index contributed by atoms with van der Waals surface area (Å²) in [5.74, 6) is 1.64. The molecule has 0 saturated heterocycles. The molecule has 0 aliphatic carbocycles. The summed E-state index contributed by atoms with van der Waals surface area (Å²) in [6, 6.07) is 14.2. The Balaban J connectivity index is 1.99. The highest BCUT2D eigenvalue weighted by Gasteiger charge is 2.03. The molecule has 2 heterocycles. The second-order valence-corrected chi connectivity index (χ2v) is 4.69. The number of para-hydroxylation sites is 1. The summed E-state index contributed by atoms with van der Waals surface area (Å²) in [5.41, 5.74) is 3.35. The van der Waals surface area contributed by atoms with E-state index in [1.54, 1.807) is 0 Å². The highest BCUT2D eigenvalue weighted by atomic mass is 15.0. The molecule has 0 unspecified atom stereocenters. The summed E-state index contributed by atoms with van der Waals surface area (Å²) in [7, 11) is 0. The van der Waals surface area contributed by atoms with Crippen molar-refractivity contribution in [2.24, 2.45) is 0 Å². The third-order valence-electron chi connectivity index (χ3n) is 3.09. The van der Waals surface area contributed by atoms with Gasteiger partial charge < -0.3 is 5.32 Å². The molecule has 19 heavy (non-hydrogen) atoms. The summed E-state index contributed by atoms with van der Waals surface area (Å²) in [6.45, 7) is 4.12. The molecular formula is C16H15N3. The van der Waals surface area contributed by atoms with Gasteiger partial charge in [-0.1, -0.05) is 24.3 Å². The average molecular weight is 249 g/mol. The van der Waals surface area contributed by atoms with Crippen molar-refractivity contribution in [3.05, 3.63) is 59.8 Å². The number of rotatable bonds is 2. The third kappa shape index (κ3) is 2.40. The van der Waals surface area contributed by atoms with E-state index in [1.807, 2.05) is 49.5 Å². The van der Waals surface area contributed by atoms with E-state index in [-0.39, 0.29) is 0 Å². The lowest BCUT2D eigenvalue weighted by atomic mass is 10.1. The summed E-state index contributed by atoms with van der Waals surface area (Å²) < 4.78 is 0. The van der Waals surface area contributed by atoms with Crippen molar-refractivity contribution in [3.8, 4) is 0 Å². The van der Waals surface area contributed by atoms with Crippen molar-refractivity contribution in [1.82, 2.24) is 9.97 Å². The Morgan fingerprint density at radius 3 is 2.58 bits per heavy atom. The van der Waals surface area contributed by atoms with Crippen LogP contribution in [0.1, 0.15) is 11.1 Å². The largest absolute Gasteiger partial charge is 0.325 e. The van der Waals surface area contributed by atoms with Gasteiger partial charge in [-0.15, -0.1) is 0 Å². The zero-order chi connectivity index (χ0) is 13.2. The number of anilines is 2. The third-order valence-corrected chi connectivity index (χ3v) is 3.09. The maximum absolute atomic E-state index is 4.60. The zero-order valence-electron chi connectivity index (χ0n) is 11.0. The first-order valence-electron chi connectivity index (χ1n) is 6.28. The topological polar surface area (TPSA) is 37.8 Å². The molecule has 0 spiro atoms. The van der Waals surface area contributed by atoms with Gasteiger partial charge in [0.1, 0.15) is 11.6 Å². The zero-order valence-corrected chi connectivity index (χ0v) is 11.0. The van der Waals surface area contributed by atoms with Gasteiger partial charge in [-0.3, -0.25) is 0 Å². The predicted molar refractivity (Wildman–Crippen MR) is 78.7 cm³/mol. The molecule has 2 aromatic heterocycles. The van der Waals surface area contributed by atoms with E-state index in [9.17, 15) is 0 Å². The number of aryl methyl sites for hydroxylation is 2. The lowest BCUT2D eigenvalue weighted by molar-refractivity contribution is 1.24. The van der Waals surface area contributed by atoms with Crippen molar-refractivity contribution in [2.45, 2.75) is 13.8 Å². The van der Waals surface area contributed by atoms with Gasteiger partial charge in [-0.05, 0) is 43.2 Å². The van der Waals surface area contributed by atoms with E-state index >= 15 is 0 Å². The minimum Gasteiger partial charge on any atom is -0.325 e. The van der Waals surface area contributed by atoms with Gasteiger partial charge in [-0.2, -0.15) is 0 Å². The monoisotopic (exact) mass is 249 g/mol. The van der Waals surface area contributed by atoms with Crippen LogP contribution >= 0.6 is 0 Å². The molecule has 1 aromatic carbocycles. The van der Waals surface area contributed by atoms with E-state index < -0.39 is 0 Å². The molecule has 0 aliphatic rings. The Hall–Kier alpha value is -2.42. The molecule has 3 aromatic rings. The van der Waals surface area contributed by atoms with Gasteiger partial charge in [0, 0.05) is 11.6 Å². The van der Waals surface area contributed by atoms with E-state index in [2.05, 4.69) is 28.3 Å². The molecule has 3 heteroatoms. The molecule has 0 radical (unpaired) electrons. The lowest BCUT2D eigenvalue weighted by Gasteiger charge is -2.08. The number of nitrogens with zero attached hydrogens (tertiary/aromatic N) is 2. The second-order valence-electron chi connectivity index (χ2n) is 4.69. The number of aromatic nitrogens is 2. The quantitative estimate of drug-likeness (QED) is 0.746. The van der Waals surface area contributed by atoms with Crippen LogP contribution < -0.4 is 5.32 Å². The van der Waals surface area contributed by atoms with Crippen molar-refractivity contribution < 1.29 is 0 Å². The average Bonchev–Trinajstić information content (AvgIpc) is 2.42. The van der Waals surface area contributed by atoms with Crippen LogP contribution in [0.15, 0.2) is 48.7 Å². The fraction of sp³-hybridized carbons (Fsp3) is 0.125. The van der Waals surface area contributed by atoms with Gasteiger partial charge in [0.15, 0.2) is 0 Å². The van der Waals surface area contributed by atoms with Crippen LogP contribution in [0, 0.1) is 13.8 Å². The van der Waals surface area contributed by atoms with Gasteiger partial charge in [0.05, 0.1) is 5.52 Å². The molecule has 0 amide bonds. The van der Waals surface area contributed by atoms with Crippen molar-refractivity contribution >= 4 is 22.5 Å². The van der Waals surface area contributed by atoms with Crippen LogP contribution in [-0.2, 0) is 0 Å². The Morgan fingerprint density at radius 1 is 0.947 bits per heavy atom. The number of hydrogen-bond donors (Lipinski definition) is 1. The van der Waals surface area contributed by atoms with Crippen LogP contribution in [0.3, 0.4) is 0 Å². The summed E-state index contributed by atoms with van der Waals surface area (Å²) in [6.07, 6.45) is 1.84. The molecule has 3 nitrogen and oxygen atoms in total. The first-order valence-corrected chi connectivity index (χ1v) is 6.28. The number of benzene rings is 1. The Morgan fingerprint density at radius 2 is 1.79 bits per heavy atom. The van der Waals surface area contributed by atoms with Gasteiger partial charge in [-0.25, -0.2) is 9.97 Å².